The summed E-state index contributed by atoms with van der Waals surface area (Å²) in [5.74, 6) is -3.82. The number of carboxylic acid groups (broad SMARTS) is 1. The van der Waals surface area contributed by atoms with Gasteiger partial charge in [0.15, 0.2) is 0 Å². The fourth-order valence-corrected chi connectivity index (χ4v) is 1.26. The van der Waals surface area contributed by atoms with Crippen molar-refractivity contribution in [3.05, 3.63) is 35.9 Å². The molecule has 0 heterocycles. The lowest BCUT2D eigenvalue weighted by Gasteiger charge is -2.11. The summed E-state index contributed by atoms with van der Waals surface area (Å²) in [7, 11) is 0. The van der Waals surface area contributed by atoms with Gasteiger partial charge in [0.2, 0.25) is 11.8 Å². The number of rotatable bonds is 7. The Morgan fingerprint density at radius 3 is 2.16 bits per heavy atom. The summed E-state index contributed by atoms with van der Waals surface area (Å²) in [6, 6.07) is 8.73. The minimum absolute atomic E-state index is 0.0828. The van der Waals surface area contributed by atoms with E-state index in [-0.39, 0.29) is 13.2 Å². The molecule has 140 valence electrons. The van der Waals surface area contributed by atoms with Crippen molar-refractivity contribution in [1.29, 1.82) is 0 Å². The van der Waals surface area contributed by atoms with Crippen LogP contribution in [0.2, 0.25) is 0 Å². The van der Waals surface area contributed by atoms with Crippen molar-refractivity contribution in [1.82, 2.24) is 5.32 Å². The molecule has 1 atom stereocenters. The number of nitrogens with one attached hydrogen (secondary N) is 1. The summed E-state index contributed by atoms with van der Waals surface area (Å²) in [6.45, 7) is 0.252. The van der Waals surface area contributed by atoms with Crippen molar-refractivity contribution in [2.24, 2.45) is 11.5 Å². The van der Waals surface area contributed by atoms with Gasteiger partial charge in [-0.1, -0.05) is 30.3 Å². The minimum Gasteiger partial charge on any atom is -0.475 e. The van der Waals surface area contributed by atoms with Gasteiger partial charge in [0.05, 0.1) is 19.8 Å². The third kappa shape index (κ3) is 11.5. The van der Waals surface area contributed by atoms with Crippen LogP contribution in [0.5, 0.6) is 0 Å². The summed E-state index contributed by atoms with van der Waals surface area (Å²) in [5.41, 5.74) is 11.5. The lowest BCUT2D eigenvalue weighted by molar-refractivity contribution is -0.192. The number of aliphatic carboxylic acids is 1. The van der Waals surface area contributed by atoms with E-state index in [4.69, 9.17) is 26.1 Å². The van der Waals surface area contributed by atoms with Crippen LogP contribution in [0.1, 0.15) is 5.56 Å². The molecule has 0 aliphatic heterocycles. The Bertz CT molecular complexity index is 567. The lowest BCUT2D eigenvalue weighted by Crippen LogP contribution is -2.46. The summed E-state index contributed by atoms with van der Waals surface area (Å²) in [4.78, 5) is 30.7. The van der Waals surface area contributed by atoms with Crippen LogP contribution in [0.15, 0.2) is 30.3 Å². The van der Waals surface area contributed by atoms with Crippen molar-refractivity contribution in [2.75, 3.05) is 13.2 Å². The largest absolute Gasteiger partial charge is 0.490 e. The Labute approximate surface area is 140 Å². The number of halogens is 3. The highest BCUT2D eigenvalue weighted by Crippen LogP contribution is 2.13. The van der Waals surface area contributed by atoms with Gasteiger partial charge in [0, 0.05) is 0 Å². The molecule has 0 aliphatic rings. The Balaban J connectivity index is 0.000000697. The van der Waals surface area contributed by atoms with Gasteiger partial charge in [-0.05, 0) is 5.56 Å². The van der Waals surface area contributed by atoms with E-state index >= 15 is 0 Å². The Hall–Kier alpha value is -2.66. The second kappa shape index (κ2) is 11.0. The number of carbonyl (C=O) groups is 3. The van der Waals surface area contributed by atoms with Gasteiger partial charge in [0.25, 0.3) is 0 Å². The van der Waals surface area contributed by atoms with E-state index in [1.54, 1.807) is 0 Å². The molecule has 11 heteroatoms. The van der Waals surface area contributed by atoms with Gasteiger partial charge in [-0.3, -0.25) is 9.59 Å². The van der Waals surface area contributed by atoms with E-state index in [2.05, 4.69) is 5.32 Å². The molecule has 0 saturated heterocycles. The molecular weight excluding hydrogens is 347 g/mol. The summed E-state index contributed by atoms with van der Waals surface area (Å²) in [6.07, 6.45) is -5.08. The highest BCUT2D eigenvalue weighted by Gasteiger charge is 2.38. The summed E-state index contributed by atoms with van der Waals surface area (Å²) in [5, 5.41) is 9.44. The van der Waals surface area contributed by atoms with Crippen molar-refractivity contribution in [3.8, 4) is 0 Å². The van der Waals surface area contributed by atoms with E-state index < -0.39 is 30.0 Å². The third-order valence-electron chi connectivity index (χ3n) is 2.43. The molecule has 1 aromatic rings. The van der Waals surface area contributed by atoms with Crippen LogP contribution < -0.4 is 16.8 Å². The number of hydrogen-bond acceptors (Lipinski definition) is 5. The molecule has 1 aromatic carbocycles. The SMILES string of the molecule is NC(=O)CNC(=O)[C@H](N)COCc1ccccc1.O=C(O)C(F)(F)F. The van der Waals surface area contributed by atoms with Gasteiger partial charge >= 0.3 is 12.1 Å². The van der Waals surface area contributed by atoms with Crippen LogP contribution in [0, 0.1) is 0 Å². The number of amides is 2. The predicted molar refractivity (Wildman–Crippen MR) is 80.0 cm³/mol. The van der Waals surface area contributed by atoms with E-state index in [1.165, 1.54) is 0 Å². The molecule has 2 amide bonds. The second-order valence-electron chi connectivity index (χ2n) is 4.59. The third-order valence-corrected chi connectivity index (χ3v) is 2.43. The van der Waals surface area contributed by atoms with Crippen LogP contribution in [-0.4, -0.2) is 48.3 Å². The number of hydrogen-bond donors (Lipinski definition) is 4. The molecule has 0 unspecified atom stereocenters. The molecular formula is C14H18F3N3O5. The van der Waals surface area contributed by atoms with Gasteiger partial charge in [-0.15, -0.1) is 0 Å². The van der Waals surface area contributed by atoms with E-state index in [0.717, 1.165) is 5.56 Å². The van der Waals surface area contributed by atoms with Crippen LogP contribution >= 0.6 is 0 Å². The predicted octanol–water partition coefficient (Wildman–Crippen LogP) is -0.235. The zero-order valence-corrected chi connectivity index (χ0v) is 13.0. The fourth-order valence-electron chi connectivity index (χ4n) is 1.26. The van der Waals surface area contributed by atoms with E-state index in [1.807, 2.05) is 30.3 Å². The standard InChI is InChI=1S/C12H17N3O3.C2HF3O2/c13-10(12(17)15-6-11(14)16)8-18-7-9-4-2-1-3-5-9;3-2(4,5)1(6)7/h1-5,10H,6-8,13H2,(H2,14,16)(H,15,17);(H,6,7)/t10-;/m1./s1. The van der Waals surface area contributed by atoms with Crippen LogP contribution in [0.3, 0.4) is 0 Å². The summed E-state index contributed by atoms with van der Waals surface area (Å²) >= 11 is 0. The monoisotopic (exact) mass is 365 g/mol. The maximum atomic E-state index is 11.4. The first-order chi connectivity index (χ1) is 11.5. The Kier molecular flexibility index (Phi) is 9.82. The molecule has 8 nitrogen and oxygen atoms in total. The number of benzene rings is 1. The number of primary amides is 1. The van der Waals surface area contributed by atoms with Gasteiger partial charge in [-0.2, -0.15) is 13.2 Å². The van der Waals surface area contributed by atoms with Gasteiger partial charge in [-0.25, -0.2) is 4.79 Å². The molecule has 0 spiro atoms. The maximum absolute atomic E-state index is 11.4. The quantitative estimate of drug-likeness (QED) is 0.525. The van der Waals surface area contributed by atoms with Gasteiger partial charge < -0.3 is 26.6 Å². The Morgan fingerprint density at radius 2 is 1.72 bits per heavy atom. The molecule has 0 aliphatic carbocycles. The van der Waals surface area contributed by atoms with Gasteiger partial charge in [0.1, 0.15) is 6.04 Å². The minimum atomic E-state index is -5.08. The average Bonchev–Trinajstić information content (AvgIpc) is 2.53. The van der Waals surface area contributed by atoms with Crippen LogP contribution in [0.25, 0.3) is 0 Å². The number of carbonyl (C=O) groups excluding carboxylic acids is 2. The number of nitrogens with two attached hydrogens (primary N) is 2. The smallest absolute Gasteiger partial charge is 0.475 e. The maximum Gasteiger partial charge on any atom is 0.490 e. The fraction of sp³-hybridized carbons (Fsp3) is 0.357. The molecule has 0 fully saturated rings. The van der Waals surface area contributed by atoms with E-state index in [9.17, 15) is 22.8 Å². The van der Waals surface area contributed by atoms with E-state index in [0.29, 0.717) is 6.61 Å². The number of ether oxygens (including phenoxy) is 1. The van der Waals surface area contributed by atoms with Crippen molar-refractivity contribution in [2.45, 2.75) is 18.8 Å². The first-order valence-corrected chi connectivity index (χ1v) is 6.77. The Morgan fingerprint density at radius 1 is 1.20 bits per heavy atom. The van der Waals surface area contributed by atoms with Crippen molar-refractivity contribution < 1.29 is 37.4 Å². The number of alkyl halides is 3. The molecule has 25 heavy (non-hydrogen) atoms. The highest BCUT2D eigenvalue weighted by atomic mass is 19.4. The second-order valence-corrected chi connectivity index (χ2v) is 4.59. The molecule has 1 rings (SSSR count). The lowest BCUT2D eigenvalue weighted by atomic mass is 10.2. The van der Waals surface area contributed by atoms with Crippen molar-refractivity contribution >= 4 is 17.8 Å². The first-order valence-electron chi connectivity index (χ1n) is 6.77. The number of carboxylic acids is 1. The average molecular weight is 365 g/mol. The zero-order valence-electron chi connectivity index (χ0n) is 13.0. The molecule has 0 saturated carbocycles. The normalized spacial score (nSPS) is 11.7. The highest BCUT2D eigenvalue weighted by molar-refractivity contribution is 5.86. The van der Waals surface area contributed by atoms with Crippen LogP contribution in [-0.2, 0) is 25.7 Å². The molecule has 0 radical (unpaired) electrons. The first kappa shape index (κ1) is 22.3. The molecule has 0 bridgehead atoms. The van der Waals surface area contributed by atoms with Crippen molar-refractivity contribution in [3.63, 3.8) is 0 Å². The topological polar surface area (TPSA) is 145 Å². The van der Waals surface area contributed by atoms with Crippen LogP contribution in [0.4, 0.5) is 13.2 Å². The zero-order chi connectivity index (χ0) is 19.5. The molecule has 0 aromatic heterocycles. The summed E-state index contributed by atoms with van der Waals surface area (Å²) < 4.78 is 37.0. The molecule has 6 N–H and O–H groups in total.